The number of rotatable bonds is 5. The number of nitrogens with zero attached hydrogens (tertiary/aromatic N) is 4. The molecule has 0 N–H and O–H groups in total. The number of fused-ring (bicyclic) bond motifs is 1. The lowest BCUT2D eigenvalue weighted by Gasteiger charge is -2.36. The number of piperazine rings is 1. The van der Waals surface area contributed by atoms with Crippen LogP contribution in [0.2, 0.25) is 0 Å². The Morgan fingerprint density at radius 3 is 2.53 bits per heavy atom. The van der Waals surface area contributed by atoms with Crippen molar-refractivity contribution in [2.45, 2.75) is 13.5 Å². The van der Waals surface area contributed by atoms with Crippen molar-refractivity contribution in [2.75, 3.05) is 31.1 Å². The zero-order chi connectivity index (χ0) is 22.8. The van der Waals surface area contributed by atoms with E-state index in [0.717, 1.165) is 5.69 Å². The highest BCUT2D eigenvalue weighted by Gasteiger charge is 2.27. The summed E-state index contributed by atoms with van der Waals surface area (Å²) in [7, 11) is 0. The molecule has 1 aliphatic rings. The molecule has 1 aromatic heterocycles. The number of anilines is 1. The molecule has 8 nitrogen and oxygen atoms in total. The minimum absolute atomic E-state index is 0.0584. The zero-order valence-electron chi connectivity index (χ0n) is 17.2. The Hall–Kier alpha value is -3.82. The van der Waals surface area contributed by atoms with Crippen LogP contribution in [0.4, 0.5) is 20.2 Å². The second-order valence-electron chi connectivity index (χ2n) is 7.37. The first-order valence-electron chi connectivity index (χ1n) is 9.98. The van der Waals surface area contributed by atoms with Crippen molar-refractivity contribution < 1.29 is 23.2 Å². The fourth-order valence-electron chi connectivity index (χ4n) is 3.91. The van der Waals surface area contributed by atoms with Gasteiger partial charge in [-0.2, -0.15) is 8.78 Å². The van der Waals surface area contributed by atoms with Crippen LogP contribution in [-0.4, -0.2) is 53.5 Å². The number of nitro benzene ring substituents is 1. The lowest BCUT2D eigenvalue weighted by molar-refractivity contribution is -0.383. The monoisotopic (exact) mass is 442 g/mol. The molecule has 2 heterocycles. The highest BCUT2D eigenvalue weighted by Crippen LogP contribution is 2.33. The van der Waals surface area contributed by atoms with Gasteiger partial charge in [-0.3, -0.25) is 14.9 Å². The Morgan fingerprint density at radius 2 is 1.84 bits per heavy atom. The third kappa shape index (κ3) is 4.16. The van der Waals surface area contributed by atoms with Gasteiger partial charge in [0.1, 0.15) is 5.75 Å². The van der Waals surface area contributed by atoms with Crippen molar-refractivity contribution in [1.29, 1.82) is 0 Å². The number of non-ortho nitro benzene ring substituents is 1. The van der Waals surface area contributed by atoms with Gasteiger partial charge in [0, 0.05) is 49.0 Å². The normalized spacial score (nSPS) is 14.1. The number of halogens is 2. The Bertz CT molecular complexity index is 1180. The van der Waals surface area contributed by atoms with Crippen LogP contribution in [0.25, 0.3) is 10.9 Å². The molecule has 2 aromatic carbocycles. The first-order valence-corrected chi connectivity index (χ1v) is 9.98. The summed E-state index contributed by atoms with van der Waals surface area (Å²) in [5, 5.41) is 12.1. The number of carbonyl (C=O) groups excluding carboxylic acids is 1. The molecular formula is C22H20F2N4O4. The standard InChI is InChI=1S/C22H20F2N4O4/c1-14-13-18(15-6-4-7-17(28(30)31)20(15)25-14)26-9-11-27(12-10-26)21(29)16-5-2-3-8-19(16)32-22(23)24/h2-8,13,22H,9-12H2,1H3. The molecule has 1 amide bonds. The minimum atomic E-state index is -3.02. The van der Waals surface area contributed by atoms with Crippen LogP contribution in [0, 0.1) is 17.0 Å². The van der Waals surface area contributed by atoms with E-state index >= 15 is 0 Å². The number of para-hydroxylation sites is 2. The molecule has 0 unspecified atom stereocenters. The second kappa shape index (κ2) is 8.74. The molecule has 0 bridgehead atoms. The van der Waals surface area contributed by atoms with Crippen molar-refractivity contribution >= 4 is 28.2 Å². The lowest BCUT2D eigenvalue weighted by atomic mass is 10.1. The molecule has 0 aliphatic carbocycles. The van der Waals surface area contributed by atoms with E-state index in [1.54, 1.807) is 30.0 Å². The number of aryl methyl sites for hydroxylation is 1. The summed E-state index contributed by atoms with van der Waals surface area (Å²) in [5.41, 5.74) is 1.81. The predicted octanol–water partition coefficient (Wildman–Crippen LogP) is 4.02. The van der Waals surface area contributed by atoms with E-state index in [9.17, 15) is 23.7 Å². The van der Waals surface area contributed by atoms with Gasteiger partial charge in [-0.1, -0.05) is 24.3 Å². The number of carbonyl (C=O) groups is 1. The van der Waals surface area contributed by atoms with Crippen LogP contribution >= 0.6 is 0 Å². The summed E-state index contributed by atoms with van der Waals surface area (Å²) in [6.07, 6.45) is 0. The van der Waals surface area contributed by atoms with Gasteiger partial charge in [0.25, 0.3) is 11.6 Å². The number of amides is 1. The van der Waals surface area contributed by atoms with Gasteiger partial charge < -0.3 is 14.5 Å². The fourth-order valence-corrected chi connectivity index (χ4v) is 3.91. The Labute approximate surface area is 182 Å². The molecule has 1 fully saturated rings. The van der Waals surface area contributed by atoms with Crippen molar-refractivity contribution in [2.24, 2.45) is 0 Å². The van der Waals surface area contributed by atoms with E-state index in [4.69, 9.17) is 0 Å². The van der Waals surface area contributed by atoms with Gasteiger partial charge in [0.05, 0.1) is 10.5 Å². The molecule has 3 aromatic rings. The molecule has 32 heavy (non-hydrogen) atoms. The average molecular weight is 442 g/mol. The first-order chi connectivity index (χ1) is 15.3. The fraction of sp³-hybridized carbons (Fsp3) is 0.273. The number of hydrogen-bond acceptors (Lipinski definition) is 6. The van der Waals surface area contributed by atoms with Crippen molar-refractivity contribution in [1.82, 2.24) is 9.88 Å². The minimum Gasteiger partial charge on any atom is -0.434 e. The number of aromatic nitrogens is 1. The van der Waals surface area contributed by atoms with Crippen molar-refractivity contribution in [3.05, 3.63) is 69.9 Å². The topological polar surface area (TPSA) is 88.8 Å². The SMILES string of the molecule is Cc1cc(N2CCN(C(=O)c3ccccc3OC(F)F)CC2)c2cccc([N+](=O)[O-])c2n1. The molecule has 1 saturated heterocycles. The number of nitro groups is 1. The molecule has 0 spiro atoms. The molecule has 0 saturated carbocycles. The second-order valence-corrected chi connectivity index (χ2v) is 7.37. The summed E-state index contributed by atoms with van der Waals surface area (Å²) < 4.78 is 29.9. The molecule has 166 valence electrons. The van der Waals surface area contributed by atoms with E-state index < -0.39 is 11.5 Å². The molecule has 4 rings (SSSR count). The Balaban J connectivity index is 1.56. The maximum absolute atomic E-state index is 12.9. The van der Waals surface area contributed by atoms with E-state index in [0.29, 0.717) is 42.8 Å². The van der Waals surface area contributed by atoms with Gasteiger partial charge >= 0.3 is 6.61 Å². The van der Waals surface area contributed by atoms with Gasteiger partial charge in [-0.25, -0.2) is 4.98 Å². The molecule has 0 atom stereocenters. The van der Waals surface area contributed by atoms with Crippen LogP contribution in [0.15, 0.2) is 48.5 Å². The van der Waals surface area contributed by atoms with Crippen LogP contribution in [0.5, 0.6) is 5.75 Å². The number of alkyl halides is 2. The zero-order valence-corrected chi connectivity index (χ0v) is 17.2. The number of hydrogen-bond donors (Lipinski definition) is 0. The van der Waals surface area contributed by atoms with E-state index in [2.05, 4.69) is 9.72 Å². The first kappa shape index (κ1) is 21.4. The predicted molar refractivity (Wildman–Crippen MR) is 114 cm³/mol. The van der Waals surface area contributed by atoms with Crippen molar-refractivity contribution in [3.8, 4) is 5.75 Å². The largest absolute Gasteiger partial charge is 0.434 e. The van der Waals surface area contributed by atoms with Gasteiger partial charge in [-0.05, 0) is 25.1 Å². The third-order valence-corrected chi connectivity index (χ3v) is 5.36. The summed E-state index contributed by atoms with van der Waals surface area (Å²) in [6, 6.07) is 12.6. The summed E-state index contributed by atoms with van der Waals surface area (Å²) in [5.74, 6) is -0.537. The van der Waals surface area contributed by atoms with E-state index in [1.165, 1.54) is 24.3 Å². The van der Waals surface area contributed by atoms with E-state index in [1.807, 2.05) is 11.0 Å². The summed E-state index contributed by atoms with van der Waals surface area (Å²) in [6.45, 7) is 0.432. The highest BCUT2D eigenvalue weighted by atomic mass is 19.3. The third-order valence-electron chi connectivity index (χ3n) is 5.36. The summed E-state index contributed by atoms with van der Waals surface area (Å²) in [4.78, 5) is 31.9. The average Bonchev–Trinajstić information content (AvgIpc) is 2.77. The van der Waals surface area contributed by atoms with Gasteiger partial charge in [-0.15, -0.1) is 0 Å². The van der Waals surface area contributed by atoms with Crippen LogP contribution in [0.3, 0.4) is 0 Å². The Morgan fingerprint density at radius 1 is 1.12 bits per heavy atom. The highest BCUT2D eigenvalue weighted by molar-refractivity contribution is 5.98. The molecule has 0 radical (unpaired) electrons. The number of pyridine rings is 1. The molecular weight excluding hydrogens is 422 g/mol. The quantitative estimate of drug-likeness (QED) is 0.438. The molecule has 10 heteroatoms. The maximum atomic E-state index is 12.9. The smallest absolute Gasteiger partial charge is 0.387 e. The van der Waals surface area contributed by atoms with Crippen LogP contribution < -0.4 is 9.64 Å². The Kier molecular flexibility index (Phi) is 5.85. The van der Waals surface area contributed by atoms with Gasteiger partial charge in [0.2, 0.25) is 0 Å². The van der Waals surface area contributed by atoms with Crippen molar-refractivity contribution in [3.63, 3.8) is 0 Å². The van der Waals surface area contributed by atoms with E-state index in [-0.39, 0.29) is 22.9 Å². The number of ether oxygens (including phenoxy) is 1. The van der Waals surface area contributed by atoms with Crippen LogP contribution in [0.1, 0.15) is 16.1 Å². The number of benzene rings is 2. The lowest BCUT2D eigenvalue weighted by Crippen LogP contribution is -2.49. The molecule has 1 aliphatic heterocycles. The summed E-state index contributed by atoms with van der Waals surface area (Å²) >= 11 is 0. The maximum Gasteiger partial charge on any atom is 0.387 e. The van der Waals surface area contributed by atoms with Gasteiger partial charge in [0.15, 0.2) is 5.52 Å². The van der Waals surface area contributed by atoms with Crippen LogP contribution in [-0.2, 0) is 0 Å².